The van der Waals surface area contributed by atoms with E-state index in [1.165, 1.54) is 16.9 Å². The van der Waals surface area contributed by atoms with Crippen LogP contribution in [0.5, 0.6) is 0 Å². The molecule has 0 bridgehead atoms. The molecule has 0 aliphatic heterocycles. The second-order valence-electron chi connectivity index (χ2n) is 6.18. The number of esters is 1. The van der Waals surface area contributed by atoms with Gasteiger partial charge in [-0.2, -0.15) is 10.4 Å². The SMILES string of the molecule is N#Cc1cnn(-c2ccccc2)c1NC(=O)COC(=O)c1cc2cc(Cl)ccc2o1. The van der Waals surface area contributed by atoms with Gasteiger partial charge in [0.05, 0.1) is 11.9 Å². The molecule has 0 fully saturated rings. The number of carbonyl (C=O) groups is 2. The maximum atomic E-state index is 12.3. The molecule has 4 aromatic rings. The van der Waals surface area contributed by atoms with Crippen LogP contribution in [0.2, 0.25) is 5.02 Å². The lowest BCUT2D eigenvalue weighted by Gasteiger charge is -2.09. The largest absolute Gasteiger partial charge is 0.450 e. The molecule has 0 atom stereocenters. The minimum atomic E-state index is -0.797. The third kappa shape index (κ3) is 3.87. The van der Waals surface area contributed by atoms with Crippen LogP contribution in [-0.2, 0) is 9.53 Å². The lowest BCUT2D eigenvalue weighted by Crippen LogP contribution is -2.22. The second-order valence-corrected chi connectivity index (χ2v) is 6.62. The van der Waals surface area contributed by atoms with Gasteiger partial charge in [-0.3, -0.25) is 4.79 Å². The number of para-hydroxylation sites is 1. The van der Waals surface area contributed by atoms with Gasteiger partial charge in [0.25, 0.3) is 5.91 Å². The summed E-state index contributed by atoms with van der Waals surface area (Å²) in [5.41, 5.74) is 1.31. The summed E-state index contributed by atoms with van der Waals surface area (Å²) in [4.78, 5) is 24.5. The number of fused-ring (bicyclic) bond motifs is 1. The first kappa shape index (κ1) is 19.2. The summed E-state index contributed by atoms with van der Waals surface area (Å²) in [7, 11) is 0. The Morgan fingerprint density at radius 2 is 2.00 bits per heavy atom. The second kappa shape index (κ2) is 8.11. The Kier molecular flexibility index (Phi) is 5.20. The molecule has 0 aliphatic carbocycles. The number of anilines is 1. The Morgan fingerprint density at radius 3 is 2.77 bits per heavy atom. The predicted octanol–water partition coefficient (Wildman–Crippen LogP) is 3.94. The Hall–Kier alpha value is -4.09. The highest BCUT2D eigenvalue weighted by atomic mass is 35.5. The quantitative estimate of drug-likeness (QED) is 0.489. The highest BCUT2D eigenvalue weighted by Crippen LogP contribution is 2.23. The Morgan fingerprint density at radius 1 is 1.20 bits per heavy atom. The normalized spacial score (nSPS) is 10.5. The molecule has 0 unspecified atom stereocenters. The molecule has 2 aromatic carbocycles. The van der Waals surface area contributed by atoms with E-state index in [2.05, 4.69) is 10.4 Å². The summed E-state index contributed by atoms with van der Waals surface area (Å²) < 4.78 is 11.9. The van der Waals surface area contributed by atoms with Gasteiger partial charge in [-0.25, -0.2) is 9.48 Å². The molecule has 2 aromatic heterocycles. The van der Waals surface area contributed by atoms with Crippen molar-refractivity contribution in [2.45, 2.75) is 0 Å². The van der Waals surface area contributed by atoms with E-state index in [1.54, 1.807) is 42.5 Å². The van der Waals surface area contributed by atoms with Crippen molar-refractivity contribution in [1.82, 2.24) is 9.78 Å². The van der Waals surface area contributed by atoms with Gasteiger partial charge in [0, 0.05) is 10.4 Å². The van der Waals surface area contributed by atoms with E-state index in [9.17, 15) is 14.9 Å². The fourth-order valence-electron chi connectivity index (χ4n) is 2.80. The van der Waals surface area contributed by atoms with Crippen molar-refractivity contribution >= 4 is 40.3 Å². The highest BCUT2D eigenvalue weighted by molar-refractivity contribution is 6.31. The van der Waals surface area contributed by atoms with Gasteiger partial charge >= 0.3 is 5.97 Å². The zero-order valence-electron chi connectivity index (χ0n) is 15.3. The Balaban J connectivity index is 1.45. The molecular weight excluding hydrogens is 408 g/mol. The van der Waals surface area contributed by atoms with Crippen LogP contribution >= 0.6 is 11.6 Å². The molecule has 1 amide bonds. The molecule has 0 radical (unpaired) electrons. The summed E-state index contributed by atoms with van der Waals surface area (Å²) >= 11 is 5.92. The molecule has 30 heavy (non-hydrogen) atoms. The first-order chi connectivity index (χ1) is 14.5. The van der Waals surface area contributed by atoms with Crippen LogP contribution in [0.1, 0.15) is 16.1 Å². The number of ether oxygens (including phenoxy) is 1. The number of rotatable bonds is 5. The molecule has 0 saturated carbocycles. The Labute approximate surface area is 175 Å². The van der Waals surface area contributed by atoms with Gasteiger partial charge in [-0.05, 0) is 36.4 Å². The molecule has 0 aliphatic rings. The van der Waals surface area contributed by atoms with Gasteiger partial charge in [-0.1, -0.05) is 29.8 Å². The molecule has 8 nitrogen and oxygen atoms in total. The van der Waals surface area contributed by atoms with Crippen LogP contribution in [0, 0.1) is 11.3 Å². The van der Waals surface area contributed by atoms with E-state index in [-0.39, 0.29) is 17.1 Å². The van der Waals surface area contributed by atoms with Crippen molar-refractivity contribution in [2.24, 2.45) is 0 Å². The highest BCUT2D eigenvalue weighted by Gasteiger charge is 2.18. The van der Waals surface area contributed by atoms with Crippen LogP contribution in [0.3, 0.4) is 0 Å². The first-order valence-corrected chi connectivity index (χ1v) is 9.12. The monoisotopic (exact) mass is 420 g/mol. The minimum Gasteiger partial charge on any atom is -0.450 e. The van der Waals surface area contributed by atoms with Gasteiger partial charge in [-0.15, -0.1) is 0 Å². The van der Waals surface area contributed by atoms with Gasteiger partial charge in [0.15, 0.2) is 12.4 Å². The van der Waals surface area contributed by atoms with Crippen molar-refractivity contribution in [3.05, 3.63) is 77.1 Å². The topological polar surface area (TPSA) is 110 Å². The molecule has 2 heterocycles. The van der Waals surface area contributed by atoms with E-state index < -0.39 is 18.5 Å². The number of nitrogens with zero attached hydrogens (tertiary/aromatic N) is 3. The lowest BCUT2D eigenvalue weighted by molar-refractivity contribution is -0.119. The van der Waals surface area contributed by atoms with Crippen LogP contribution in [0.15, 0.2) is 65.2 Å². The summed E-state index contributed by atoms with van der Waals surface area (Å²) in [5, 5.41) is 17.1. The summed E-state index contributed by atoms with van der Waals surface area (Å²) in [6.45, 7) is -0.568. The molecule has 148 valence electrons. The van der Waals surface area contributed by atoms with E-state index in [0.29, 0.717) is 21.7 Å². The van der Waals surface area contributed by atoms with Gasteiger partial charge in [0.2, 0.25) is 5.76 Å². The summed E-state index contributed by atoms with van der Waals surface area (Å²) in [6.07, 6.45) is 1.34. The molecule has 0 saturated heterocycles. The predicted molar refractivity (Wildman–Crippen MR) is 108 cm³/mol. The fourth-order valence-corrected chi connectivity index (χ4v) is 2.98. The average Bonchev–Trinajstić information content (AvgIpc) is 3.36. The number of nitriles is 1. The third-order valence-electron chi connectivity index (χ3n) is 4.16. The standard InChI is InChI=1S/C21H13ClN4O4/c22-15-6-7-17-13(8-15)9-18(30-17)21(28)29-12-19(27)25-20-14(10-23)11-24-26(20)16-4-2-1-3-5-16/h1-9,11H,12H2,(H,25,27). The molecule has 0 spiro atoms. The molecular formula is C21H13ClN4O4. The van der Waals surface area contributed by atoms with Crippen LogP contribution in [0.25, 0.3) is 16.7 Å². The van der Waals surface area contributed by atoms with E-state index in [1.807, 2.05) is 12.1 Å². The maximum Gasteiger partial charge on any atom is 0.374 e. The summed E-state index contributed by atoms with van der Waals surface area (Å²) in [5.74, 6) is -1.29. The number of furan rings is 1. The molecule has 4 rings (SSSR count). The number of nitrogens with one attached hydrogen (secondary N) is 1. The zero-order chi connectivity index (χ0) is 21.1. The average molecular weight is 421 g/mol. The number of hydrogen-bond acceptors (Lipinski definition) is 6. The maximum absolute atomic E-state index is 12.3. The number of amides is 1. The Bertz CT molecular complexity index is 1290. The number of aromatic nitrogens is 2. The van der Waals surface area contributed by atoms with Crippen LogP contribution in [-0.4, -0.2) is 28.3 Å². The first-order valence-electron chi connectivity index (χ1n) is 8.75. The number of carbonyl (C=O) groups excluding carboxylic acids is 2. The number of hydrogen-bond donors (Lipinski definition) is 1. The van der Waals surface area contributed by atoms with Crippen molar-refractivity contribution in [1.29, 1.82) is 5.26 Å². The van der Waals surface area contributed by atoms with Crippen molar-refractivity contribution in [3.8, 4) is 11.8 Å². The van der Waals surface area contributed by atoms with Crippen molar-refractivity contribution in [2.75, 3.05) is 11.9 Å². The molecule has 9 heteroatoms. The van der Waals surface area contributed by atoms with Crippen molar-refractivity contribution < 1.29 is 18.7 Å². The smallest absolute Gasteiger partial charge is 0.374 e. The molecule has 1 N–H and O–H groups in total. The minimum absolute atomic E-state index is 0.0490. The van der Waals surface area contributed by atoms with E-state index in [0.717, 1.165) is 0 Å². The van der Waals surface area contributed by atoms with Gasteiger partial charge in [0.1, 0.15) is 17.2 Å². The van der Waals surface area contributed by atoms with Crippen molar-refractivity contribution in [3.63, 3.8) is 0 Å². The fraction of sp³-hybridized carbons (Fsp3) is 0.0476. The van der Waals surface area contributed by atoms with E-state index in [4.69, 9.17) is 20.8 Å². The van der Waals surface area contributed by atoms with E-state index >= 15 is 0 Å². The number of benzene rings is 2. The zero-order valence-corrected chi connectivity index (χ0v) is 16.1. The van der Waals surface area contributed by atoms with Gasteiger partial charge < -0.3 is 14.5 Å². The van der Waals surface area contributed by atoms with Crippen LogP contribution < -0.4 is 5.32 Å². The third-order valence-corrected chi connectivity index (χ3v) is 4.40. The van der Waals surface area contributed by atoms with Crippen LogP contribution in [0.4, 0.5) is 5.82 Å². The summed E-state index contributed by atoms with van der Waals surface area (Å²) in [6, 6.07) is 17.4. The lowest BCUT2D eigenvalue weighted by atomic mass is 10.2. The number of halogens is 1.